The molecule has 1 aromatic carbocycles. The molecule has 6 nitrogen and oxygen atoms in total. The van der Waals surface area contributed by atoms with Gasteiger partial charge >= 0.3 is 0 Å². The van der Waals surface area contributed by atoms with Gasteiger partial charge in [0, 0.05) is 18.7 Å². The van der Waals surface area contributed by atoms with E-state index in [4.69, 9.17) is 0 Å². The molecule has 2 amide bonds. The lowest BCUT2D eigenvalue weighted by Gasteiger charge is -2.20. The smallest absolute Gasteiger partial charge is 0.272 e. The van der Waals surface area contributed by atoms with Gasteiger partial charge in [-0.3, -0.25) is 14.7 Å². The van der Waals surface area contributed by atoms with E-state index < -0.39 is 0 Å². The largest absolute Gasteiger partial charge is 0.355 e. The molecule has 0 aliphatic rings. The number of rotatable bonds is 8. The van der Waals surface area contributed by atoms with Crippen LogP contribution in [-0.4, -0.2) is 46.5 Å². The third-order valence-electron chi connectivity index (χ3n) is 3.84. The number of amides is 2. The zero-order chi connectivity index (χ0) is 18.2. The molecule has 0 saturated carbocycles. The van der Waals surface area contributed by atoms with Gasteiger partial charge in [-0.05, 0) is 25.8 Å². The van der Waals surface area contributed by atoms with E-state index in [-0.39, 0.29) is 18.4 Å². The zero-order valence-corrected chi connectivity index (χ0v) is 15.1. The first-order chi connectivity index (χ1) is 12.0. The van der Waals surface area contributed by atoms with Crippen molar-refractivity contribution in [3.05, 3.63) is 41.6 Å². The van der Waals surface area contributed by atoms with Crippen molar-refractivity contribution in [2.75, 3.05) is 19.6 Å². The van der Waals surface area contributed by atoms with E-state index >= 15 is 0 Å². The molecule has 0 aliphatic heterocycles. The molecule has 0 saturated heterocycles. The summed E-state index contributed by atoms with van der Waals surface area (Å²) in [5, 5.41) is 9.84. The van der Waals surface area contributed by atoms with E-state index in [2.05, 4.69) is 15.5 Å². The number of carbonyl (C=O) groups excluding carboxylic acids is 2. The van der Waals surface area contributed by atoms with E-state index in [1.165, 1.54) is 5.56 Å². The number of nitrogens with one attached hydrogen (secondary N) is 2. The Morgan fingerprint density at radius 2 is 1.88 bits per heavy atom. The van der Waals surface area contributed by atoms with Crippen molar-refractivity contribution in [2.24, 2.45) is 0 Å². The normalized spacial score (nSPS) is 10.5. The topological polar surface area (TPSA) is 78.1 Å². The van der Waals surface area contributed by atoms with Crippen LogP contribution >= 0.6 is 0 Å². The van der Waals surface area contributed by atoms with Gasteiger partial charge in [0.25, 0.3) is 5.91 Å². The fourth-order valence-corrected chi connectivity index (χ4v) is 2.49. The molecule has 2 aromatic rings. The number of benzene rings is 1. The van der Waals surface area contributed by atoms with Crippen LogP contribution in [0.25, 0.3) is 11.3 Å². The molecule has 1 heterocycles. The van der Waals surface area contributed by atoms with Gasteiger partial charge in [-0.15, -0.1) is 0 Å². The zero-order valence-electron chi connectivity index (χ0n) is 15.1. The molecular weight excluding hydrogens is 316 g/mol. The number of nitrogens with zero attached hydrogens (tertiary/aromatic N) is 2. The summed E-state index contributed by atoms with van der Waals surface area (Å²) in [6.45, 7) is 7.20. The maximum Gasteiger partial charge on any atom is 0.272 e. The molecule has 25 heavy (non-hydrogen) atoms. The minimum Gasteiger partial charge on any atom is -0.355 e. The summed E-state index contributed by atoms with van der Waals surface area (Å²) >= 11 is 0. The van der Waals surface area contributed by atoms with Gasteiger partial charge < -0.3 is 10.2 Å². The Kier molecular flexibility index (Phi) is 6.74. The lowest BCUT2D eigenvalue weighted by Crippen LogP contribution is -2.41. The van der Waals surface area contributed by atoms with Crippen LogP contribution < -0.4 is 5.32 Å². The lowest BCUT2D eigenvalue weighted by molar-refractivity contribution is -0.121. The maximum atomic E-state index is 12.7. The van der Waals surface area contributed by atoms with E-state index in [0.29, 0.717) is 18.8 Å². The SMILES string of the molecule is CCCNC(=O)CN(CCC)C(=O)c1cc(-c2ccc(C)cc2)n[nH]1. The van der Waals surface area contributed by atoms with Crippen LogP contribution in [0.3, 0.4) is 0 Å². The highest BCUT2D eigenvalue weighted by Gasteiger charge is 2.20. The number of aromatic amines is 1. The van der Waals surface area contributed by atoms with E-state index in [1.54, 1.807) is 11.0 Å². The van der Waals surface area contributed by atoms with Gasteiger partial charge in [-0.2, -0.15) is 5.10 Å². The van der Waals surface area contributed by atoms with Crippen molar-refractivity contribution >= 4 is 11.8 Å². The number of hydrogen-bond donors (Lipinski definition) is 2. The second kappa shape index (κ2) is 9.01. The first-order valence-corrected chi connectivity index (χ1v) is 8.73. The van der Waals surface area contributed by atoms with Crippen molar-refractivity contribution in [1.82, 2.24) is 20.4 Å². The Balaban J connectivity index is 2.11. The predicted octanol–water partition coefficient (Wildman–Crippen LogP) is 2.76. The quantitative estimate of drug-likeness (QED) is 0.774. The minimum atomic E-state index is -0.209. The number of carbonyl (C=O) groups is 2. The van der Waals surface area contributed by atoms with Crippen LogP contribution in [0.5, 0.6) is 0 Å². The highest BCUT2D eigenvalue weighted by atomic mass is 16.2. The van der Waals surface area contributed by atoms with Crippen LogP contribution in [0.2, 0.25) is 0 Å². The summed E-state index contributed by atoms with van der Waals surface area (Å²) in [7, 11) is 0. The number of aryl methyl sites for hydroxylation is 1. The number of hydrogen-bond acceptors (Lipinski definition) is 3. The highest BCUT2D eigenvalue weighted by Crippen LogP contribution is 2.19. The summed E-state index contributed by atoms with van der Waals surface area (Å²) < 4.78 is 0. The summed E-state index contributed by atoms with van der Waals surface area (Å²) in [6, 6.07) is 9.70. The molecule has 0 atom stereocenters. The summed E-state index contributed by atoms with van der Waals surface area (Å²) in [5.41, 5.74) is 3.23. The molecule has 1 aromatic heterocycles. The van der Waals surface area contributed by atoms with Gasteiger partial charge in [0.1, 0.15) is 5.69 Å². The molecule has 134 valence electrons. The van der Waals surface area contributed by atoms with Crippen LogP contribution in [0.4, 0.5) is 0 Å². The van der Waals surface area contributed by atoms with Gasteiger partial charge in [0.15, 0.2) is 0 Å². The molecule has 2 N–H and O–H groups in total. The molecule has 0 aliphatic carbocycles. The molecule has 6 heteroatoms. The fourth-order valence-electron chi connectivity index (χ4n) is 2.49. The van der Waals surface area contributed by atoms with E-state index in [9.17, 15) is 9.59 Å². The van der Waals surface area contributed by atoms with Crippen molar-refractivity contribution in [1.29, 1.82) is 0 Å². The van der Waals surface area contributed by atoms with E-state index in [1.807, 2.05) is 45.0 Å². The van der Waals surface area contributed by atoms with Crippen molar-refractivity contribution in [3.8, 4) is 11.3 Å². The number of H-pyrrole nitrogens is 1. The summed E-state index contributed by atoms with van der Waals surface area (Å²) in [6.07, 6.45) is 1.65. The van der Waals surface area contributed by atoms with Gasteiger partial charge in [0.05, 0.1) is 12.2 Å². The average Bonchev–Trinajstić information content (AvgIpc) is 3.09. The molecule has 0 fully saturated rings. The van der Waals surface area contributed by atoms with Crippen molar-refractivity contribution in [2.45, 2.75) is 33.6 Å². The van der Waals surface area contributed by atoms with Gasteiger partial charge in [-0.25, -0.2) is 0 Å². The van der Waals surface area contributed by atoms with Crippen molar-refractivity contribution < 1.29 is 9.59 Å². The second-order valence-electron chi connectivity index (χ2n) is 6.11. The second-order valence-corrected chi connectivity index (χ2v) is 6.11. The van der Waals surface area contributed by atoms with Crippen LogP contribution in [-0.2, 0) is 4.79 Å². The average molecular weight is 342 g/mol. The predicted molar refractivity (Wildman–Crippen MR) is 98.3 cm³/mol. The molecule has 0 unspecified atom stereocenters. The van der Waals surface area contributed by atoms with Crippen LogP contribution in [0.15, 0.2) is 30.3 Å². The van der Waals surface area contributed by atoms with Gasteiger partial charge in [-0.1, -0.05) is 43.7 Å². The minimum absolute atomic E-state index is 0.0611. The molecule has 2 rings (SSSR count). The monoisotopic (exact) mass is 342 g/mol. The summed E-state index contributed by atoms with van der Waals surface area (Å²) in [5.74, 6) is -0.346. The third-order valence-corrected chi connectivity index (χ3v) is 3.84. The van der Waals surface area contributed by atoms with Crippen molar-refractivity contribution in [3.63, 3.8) is 0 Å². The van der Waals surface area contributed by atoms with Gasteiger partial charge in [0.2, 0.25) is 5.91 Å². The Morgan fingerprint density at radius 3 is 2.52 bits per heavy atom. The standard InChI is InChI=1S/C19H26N4O2/c1-4-10-20-18(24)13-23(11-5-2)19(25)17-12-16(21-22-17)15-8-6-14(3)7-9-15/h6-9,12H,4-5,10-11,13H2,1-3H3,(H,20,24)(H,21,22). The molecule has 0 bridgehead atoms. The lowest BCUT2D eigenvalue weighted by atomic mass is 10.1. The first-order valence-electron chi connectivity index (χ1n) is 8.73. The fraction of sp³-hybridized carbons (Fsp3) is 0.421. The molecule has 0 spiro atoms. The van der Waals surface area contributed by atoms with Crippen LogP contribution in [0.1, 0.15) is 42.7 Å². The third kappa shape index (κ3) is 5.17. The molecular formula is C19H26N4O2. The van der Waals surface area contributed by atoms with E-state index in [0.717, 1.165) is 24.1 Å². The highest BCUT2D eigenvalue weighted by molar-refractivity contribution is 5.95. The Labute approximate surface area is 148 Å². The first kappa shape index (κ1) is 18.7. The Hall–Kier alpha value is -2.63. The number of aromatic nitrogens is 2. The van der Waals surface area contributed by atoms with Crippen LogP contribution in [0, 0.1) is 6.92 Å². The molecule has 0 radical (unpaired) electrons. The maximum absolute atomic E-state index is 12.7. The summed E-state index contributed by atoms with van der Waals surface area (Å²) in [4.78, 5) is 26.2. The Morgan fingerprint density at radius 1 is 1.16 bits per heavy atom. The Bertz CT molecular complexity index is 706.